The molecule has 10 nitrogen and oxygen atoms in total. The van der Waals surface area contributed by atoms with Gasteiger partial charge in [0.25, 0.3) is 5.91 Å². The maximum atomic E-state index is 13.6. The fourth-order valence-corrected chi connectivity index (χ4v) is 8.25. The molecule has 2 aromatic carbocycles. The minimum atomic E-state index is -4.01. The Balaban J connectivity index is 1.57. The van der Waals surface area contributed by atoms with Gasteiger partial charge in [0, 0.05) is 74.9 Å². The fraction of sp³-hybridized carbons (Fsp3) is 0.571. The van der Waals surface area contributed by atoms with Gasteiger partial charge in [-0.3, -0.25) is 9.69 Å². The van der Waals surface area contributed by atoms with Crippen LogP contribution in [0.25, 0.3) is 22.2 Å². The van der Waals surface area contributed by atoms with Crippen LogP contribution in [-0.4, -0.2) is 118 Å². The van der Waals surface area contributed by atoms with Crippen molar-refractivity contribution in [2.24, 2.45) is 0 Å². The zero-order chi connectivity index (χ0) is 32.4. The second-order valence-electron chi connectivity index (χ2n) is 13.4. The van der Waals surface area contributed by atoms with Crippen LogP contribution in [0.5, 0.6) is 5.75 Å². The van der Waals surface area contributed by atoms with Crippen molar-refractivity contribution >= 4 is 27.0 Å². The average Bonchev–Trinajstić information content (AvgIpc) is 3.35. The fourth-order valence-electron chi connectivity index (χ4n) is 7.42. The number of amides is 1. The van der Waals surface area contributed by atoms with Crippen molar-refractivity contribution in [3.63, 3.8) is 0 Å². The van der Waals surface area contributed by atoms with Gasteiger partial charge in [-0.2, -0.15) is 12.7 Å². The molecule has 1 atom stereocenters. The highest BCUT2D eigenvalue weighted by atomic mass is 32.2. The highest BCUT2D eigenvalue weighted by Crippen LogP contribution is 2.47. The lowest BCUT2D eigenvalue weighted by Gasteiger charge is -2.36. The predicted octanol–water partition coefficient (Wildman–Crippen LogP) is 4.22. The maximum Gasteiger partial charge on any atom is 0.303 e. The van der Waals surface area contributed by atoms with E-state index in [9.17, 15) is 13.2 Å². The summed E-state index contributed by atoms with van der Waals surface area (Å²) >= 11 is 0. The van der Waals surface area contributed by atoms with E-state index in [4.69, 9.17) is 4.74 Å². The first-order valence-corrected chi connectivity index (χ1v) is 18.4. The van der Waals surface area contributed by atoms with Crippen LogP contribution in [0.3, 0.4) is 0 Å². The molecule has 0 spiro atoms. The van der Waals surface area contributed by atoms with E-state index in [1.165, 1.54) is 41.9 Å². The zero-order valence-electron chi connectivity index (χ0n) is 27.9. The molecule has 46 heavy (non-hydrogen) atoms. The van der Waals surface area contributed by atoms with Gasteiger partial charge >= 0.3 is 10.2 Å². The molecule has 2 aliphatic heterocycles. The first-order valence-electron chi connectivity index (χ1n) is 16.9. The highest BCUT2D eigenvalue weighted by molar-refractivity contribution is 7.87. The summed E-state index contributed by atoms with van der Waals surface area (Å²) in [5.41, 5.74) is 4.91. The van der Waals surface area contributed by atoms with Crippen LogP contribution in [0, 0.1) is 0 Å². The molecule has 3 heterocycles. The Kier molecular flexibility index (Phi) is 10.1. The normalized spacial score (nSPS) is 22.5. The molecule has 1 fully saturated rings. The molecule has 1 unspecified atom stereocenters. The van der Waals surface area contributed by atoms with E-state index in [0.717, 1.165) is 67.8 Å². The molecule has 1 aromatic heterocycles. The van der Waals surface area contributed by atoms with Gasteiger partial charge in [-0.15, -0.1) is 0 Å². The zero-order valence-corrected chi connectivity index (χ0v) is 28.7. The van der Waals surface area contributed by atoms with Gasteiger partial charge in [-0.25, -0.2) is 4.72 Å². The van der Waals surface area contributed by atoms with Crippen LogP contribution < -0.4 is 9.46 Å². The van der Waals surface area contributed by atoms with E-state index in [-0.39, 0.29) is 12.6 Å². The Bertz CT molecular complexity index is 1650. The average molecular weight is 651 g/mol. The number of benzene rings is 2. The number of carbonyl (C=O) groups is 1. The molecule has 1 N–H and O–H groups in total. The highest BCUT2D eigenvalue weighted by Gasteiger charge is 2.33. The molecule has 1 aliphatic carbocycles. The van der Waals surface area contributed by atoms with E-state index >= 15 is 0 Å². The van der Waals surface area contributed by atoms with Crippen LogP contribution in [0.4, 0.5) is 0 Å². The van der Waals surface area contributed by atoms with Crippen molar-refractivity contribution in [2.45, 2.75) is 57.5 Å². The van der Waals surface area contributed by atoms with Crippen LogP contribution in [-0.2, 0) is 16.8 Å². The first kappa shape index (κ1) is 33.0. The van der Waals surface area contributed by atoms with Crippen molar-refractivity contribution < 1.29 is 17.9 Å². The van der Waals surface area contributed by atoms with E-state index in [0.29, 0.717) is 31.2 Å². The summed E-state index contributed by atoms with van der Waals surface area (Å²) < 4.78 is 39.2. The molecule has 3 aromatic rings. The van der Waals surface area contributed by atoms with Crippen LogP contribution >= 0.6 is 0 Å². The number of nitrogens with one attached hydrogen (secondary N) is 1. The van der Waals surface area contributed by atoms with Gasteiger partial charge in [0.1, 0.15) is 12.4 Å². The number of ether oxygens (including phenoxy) is 1. The number of fused-ring (bicyclic) bond motifs is 4. The van der Waals surface area contributed by atoms with Crippen LogP contribution in [0.15, 0.2) is 42.5 Å². The number of hydrogen-bond acceptors (Lipinski definition) is 7. The third kappa shape index (κ3) is 6.85. The largest absolute Gasteiger partial charge is 0.491 e. The predicted molar refractivity (Wildman–Crippen MR) is 184 cm³/mol. The number of likely N-dealkylation sites (N-methyl/N-ethyl adjacent to an activating group) is 3. The third-order valence-corrected chi connectivity index (χ3v) is 11.7. The summed E-state index contributed by atoms with van der Waals surface area (Å²) in [6, 6.07) is 14.2. The van der Waals surface area contributed by atoms with Gasteiger partial charge in [0.05, 0.1) is 11.7 Å². The molecule has 250 valence electrons. The van der Waals surface area contributed by atoms with Gasteiger partial charge < -0.3 is 19.1 Å². The maximum absolute atomic E-state index is 13.6. The molecule has 4 bridgehead atoms. The van der Waals surface area contributed by atoms with Crippen molar-refractivity contribution in [1.82, 2.24) is 28.3 Å². The second kappa shape index (κ2) is 14.0. The third-order valence-electron chi connectivity index (χ3n) is 10.2. The second-order valence-corrected chi connectivity index (χ2v) is 15.2. The molecule has 0 radical (unpaired) electrons. The molecule has 1 amide bonds. The van der Waals surface area contributed by atoms with Gasteiger partial charge in [0.2, 0.25) is 0 Å². The summed E-state index contributed by atoms with van der Waals surface area (Å²) in [6.07, 6.45) is 5.93. The van der Waals surface area contributed by atoms with E-state index in [1.54, 1.807) is 6.07 Å². The van der Waals surface area contributed by atoms with Crippen LogP contribution in [0.2, 0.25) is 0 Å². The number of hydrogen-bond donors (Lipinski definition) is 1. The Labute approximate surface area is 274 Å². The lowest BCUT2D eigenvalue weighted by atomic mass is 9.81. The van der Waals surface area contributed by atoms with Crippen molar-refractivity contribution in [3.8, 4) is 17.0 Å². The standard InChI is InChI=1S/C35H50N6O4S/c1-5-39-19-18-38(4)46(43,44)36-35(42)27-15-16-29-31(23-27)41-24-28(40(22-20-39)21-17-37(2)3)25-45-32-14-10-9-13-30(32)34(41)33(29)26-11-7-6-8-12-26/h9-10,13-16,23,26,28H,5-8,11-12,17-22,24-25H2,1-4H3,(H,36,42). The number of aromatic nitrogens is 1. The molecular weight excluding hydrogens is 600 g/mol. The van der Waals surface area contributed by atoms with Gasteiger partial charge in [-0.1, -0.05) is 44.4 Å². The smallest absolute Gasteiger partial charge is 0.303 e. The lowest BCUT2D eigenvalue weighted by molar-refractivity contribution is 0.0971. The van der Waals surface area contributed by atoms with Crippen molar-refractivity contribution in [2.75, 3.05) is 73.6 Å². The van der Waals surface area contributed by atoms with Crippen LogP contribution in [0.1, 0.15) is 60.9 Å². The van der Waals surface area contributed by atoms with E-state index < -0.39 is 16.1 Å². The Morgan fingerprint density at radius 3 is 2.52 bits per heavy atom. The molecule has 3 aliphatic rings. The summed E-state index contributed by atoms with van der Waals surface area (Å²) in [6.45, 7) is 8.45. The summed E-state index contributed by atoms with van der Waals surface area (Å²) in [5, 5.41) is 1.15. The Morgan fingerprint density at radius 2 is 1.76 bits per heavy atom. The summed E-state index contributed by atoms with van der Waals surface area (Å²) in [7, 11) is 1.74. The Hall–Kier alpha value is -2.96. The number of nitrogens with zero attached hydrogens (tertiary/aromatic N) is 5. The lowest BCUT2D eigenvalue weighted by Crippen LogP contribution is -2.49. The Morgan fingerprint density at radius 1 is 1.00 bits per heavy atom. The number of carbonyl (C=O) groups excluding carboxylic acids is 1. The SMILES string of the molecule is CCN1CCN(CCN(C)C)C2COc3ccccc3-c3c(C4CCCCC4)c4ccc(cc4n3C2)C(=O)NS(=O)(=O)N(C)CC1. The quantitative estimate of drug-likeness (QED) is 0.443. The van der Waals surface area contributed by atoms with Gasteiger partial charge in [0.15, 0.2) is 0 Å². The molecule has 6 rings (SSSR count). The first-order chi connectivity index (χ1) is 22.2. The topological polar surface area (TPSA) is 90.4 Å². The van der Waals surface area contributed by atoms with E-state index in [2.05, 4.69) is 63.2 Å². The molecule has 11 heteroatoms. The van der Waals surface area contributed by atoms with Gasteiger partial charge in [-0.05, 0) is 69.2 Å². The molecule has 1 saturated carbocycles. The van der Waals surface area contributed by atoms with Crippen molar-refractivity contribution in [3.05, 3.63) is 53.6 Å². The number of rotatable bonds is 5. The number of para-hydroxylation sites is 1. The van der Waals surface area contributed by atoms with Crippen molar-refractivity contribution in [1.29, 1.82) is 0 Å². The summed E-state index contributed by atoms with van der Waals surface area (Å²) in [4.78, 5) is 20.6. The summed E-state index contributed by atoms with van der Waals surface area (Å²) in [5.74, 6) is 0.684. The molecule has 0 saturated heterocycles. The monoisotopic (exact) mass is 650 g/mol. The minimum Gasteiger partial charge on any atom is -0.491 e. The van der Waals surface area contributed by atoms with E-state index in [1.807, 2.05) is 18.2 Å². The molecular formula is C35H50N6O4S. The minimum absolute atomic E-state index is 0.0917.